The van der Waals surface area contributed by atoms with Gasteiger partial charge in [-0.25, -0.2) is 0 Å². The molecule has 2 nitrogen and oxygen atoms in total. The number of allylic oxidation sites excluding steroid dienone is 1. The summed E-state index contributed by atoms with van der Waals surface area (Å²) >= 11 is 0. The number of rotatable bonds is 6. The van der Waals surface area contributed by atoms with Crippen LogP contribution in [0.4, 0.5) is 0 Å². The monoisotopic (exact) mass is 238 g/mol. The molecule has 1 aliphatic rings. The van der Waals surface area contributed by atoms with E-state index in [1.807, 2.05) is 6.92 Å². The Balaban J connectivity index is 2.58. The third kappa shape index (κ3) is 4.53. The average molecular weight is 238 g/mol. The summed E-state index contributed by atoms with van der Waals surface area (Å²) in [5.74, 6) is -0.0175. The summed E-state index contributed by atoms with van der Waals surface area (Å²) in [5.41, 5.74) is 1.55. The predicted octanol–water partition coefficient (Wildman–Crippen LogP) is 4.25. The van der Waals surface area contributed by atoms with Crippen molar-refractivity contribution in [3.8, 4) is 0 Å². The lowest BCUT2D eigenvalue weighted by Gasteiger charge is -2.37. The molecule has 0 radical (unpaired) electrons. The van der Waals surface area contributed by atoms with Crippen molar-refractivity contribution in [2.75, 3.05) is 6.61 Å². The van der Waals surface area contributed by atoms with E-state index in [1.54, 1.807) is 0 Å². The van der Waals surface area contributed by atoms with E-state index in [-0.39, 0.29) is 11.4 Å². The zero-order valence-corrected chi connectivity index (χ0v) is 11.4. The molecule has 17 heavy (non-hydrogen) atoms. The first-order chi connectivity index (χ1) is 8.12. The van der Waals surface area contributed by atoms with Crippen LogP contribution in [0.2, 0.25) is 0 Å². The van der Waals surface area contributed by atoms with Crippen molar-refractivity contribution in [1.29, 1.82) is 0 Å². The number of carbonyl (C=O) groups is 1. The molecule has 1 rings (SSSR count). The largest absolute Gasteiger partial charge is 0.466 e. The SMILES string of the molecule is C=C1CCC(CCCC)(CC(=O)OCC)CC1. The van der Waals surface area contributed by atoms with E-state index in [4.69, 9.17) is 4.74 Å². The second-order valence-corrected chi connectivity index (χ2v) is 5.34. The van der Waals surface area contributed by atoms with Crippen LogP contribution in [0.5, 0.6) is 0 Å². The molecule has 0 atom stereocenters. The Morgan fingerprint density at radius 2 is 2.00 bits per heavy atom. The summed E-state index contributed by atoms with van der Waals surface area (Å²) < 4.78 is 5.12. The van der Waals surface area contributed by atoms with Crippen molar-refractivity contribution in [3.05, 3.63) is 12.2 Å². The molecule has 0 bridgehead atoms. The van der Waals surface area contributed by atoms with Gasteiger partial charge in [-0.2, -0.15) is 0 Å². The fraction of sp³-hybridized carbons (Fsp3) is 0.800. The van der Waals surface area contributed by atoms with Gasteiger partial charge in [-0.05, 0) is 44.4 Å². The highest BCUT2D eigenvalue weighted by Crippen LogP contribution is 2.44. The summed E-state index contributed by atoms with van der Waals surface area (Å²) in [7, 11) is 0. The van der Waals surface area contributed by atoms with Gasteiger partial charge in [-0.15, -0.1) is 0 Å². The van der Waals surface area contributed by atoms with Gasteiger partial charge in [0.15, 0.2) is 0 Å². The highest BCUT2D eigenvalue weighted by Gasteiger charge is 2.34. The Morgan fingerprint density at radius 3 is 2.53 bits per heavy atom. The third-order valence-electron chi connectivity index (χ3n) is 3.90. The fourth-order valence-corrected chi connectivity index (χ4v) is 2.72. The molecule has 0 N–H and O–H groups in total. The van der Waals surface area contributed by atoms with Gasteiger partial charge in [0.05, 0.1) is 13.0 Å². The molecular formula is C15H26O2. The van der Waals surface area contributed by atoms with E-state index in [1.165, 1.54) is 18.4 Å². The minimum absolute atomic E-state index is 0.0175. The lowest BCUT2D eigenvalue weighted by molar-refractivity contribution is -0.146. The van der Waals surface area contributed by atoms with Crippen LogP contribution in [0.25, 0.3) is 0 Å². The third-order valence-corrected chi connectivity index (χ3v) is 3.90. The summed E-state index contributed by atoms with van der Waals surface area (Å²) in [6.45, 7) is 8.64. The van der Waals surface area contributed by atoms with Gasteiger partial charge in [0, 0.05) is 0 Å². The maximum Gasteiger partial charge on any atom is 0.306 e. The second-order valence-electron chi connectivity index (χ2n) is 5.34. The summed E-state index contributed by atoms with van der Waals surface area (Å²) in [6.07, 6.45) is 8.59. The van der Waals surface area contributed by atoms with Crippen LogP contribution in [0, 0.1) is 5.41 Å². The number of carbonyl (C=O) groups excluding carboxylic acids is 1. The number of esters is 1. The Bertz CT molecular complexity index is 258. The quantitative estimate of drug-likeness (QED) is 0.511. The normalized spacial score (nSPS) is 19.1. The first-order valence-corrected chi connectivity index (χ1v) is 6.94. The van der Waals surface area contributed by atoms with Crippen LogP contribution in [0.1, 0.15) is 65.2 Å². The van der Waals surface area contributed by atoms with E-state index in [0.717, 1.165) is 32.1 Å². The lowest BCUT2D eigenvalue weighted by Crippen LogP contribution is -2.28. The molecule has 0 aromatic carbocycles. The van der Waals surface area contributed by atoms with Crippen LogP contribution in [0.15, 0.2) is 12.2 Å². The van der Waals surface area contributed by atoms with Gasteiger partial charge in [-0.1, -0.05) is 31.9 Å². The van der Waals surface area contributed by atoms with Crippen LogP contribution in [-0.2, 0) is 9.53 Å². The molecule has 98 valence electrons. The molecule has 1 fully saturated rings. The summed E-state index contributed by atoms with van der Waals surface area (Å²) in [4.78, 5) is 11.7. The number of hydrogen-bond acceptors (Lipinski definition) is 2. The first kappa shape index (κ1) is 14.3. The summed E-state index contributed by atoms with van der Waals surface area (Å²) in [5, 5.41) is 0. The molecule has 0 aliphatic heterocycles. The molecule has 0 aromatic heterocycles. The van der Waals surface area contributed by atoms with E-state index < -0.39 is 0 Å². The molecule has 1 saturated carbocycles. The van der Waals surface area contributed by atoms with Crippen molar-refractivity contribution in [3.63, 3.8) is 0 Å². The van der Waals surface area contributed by atoms with Crippen molar-refractivity contribution in [2.24, 2.45) is 5.41 Å². The predicted molar refractivity (Wildman–Crippen MR) is 70.8 cm³/mol. The van der Waals surface area contributed by atoms with Crippen LogP contribution >= 0.6 is 0 Å². The van der Waals surface area contributed by atoms with Crippen molar-refractivity contribution in [1.82, 2.24) is 0 Å². The van der Waals surface area contributed by atoms with E-state index >= 15 is 0 Å². The smallest absolute Gasteiger partial charge is 0.306 e. The Morgan fingerprint density at radius 1 is 1.35 bits per heavy atom. The molecule has 1 aliphatic carbocycles. The molecule has 2 heteroatoms. The number of unbranched alkanes of at least 4 members (excludes halogenated alkanes) is 1. The minimum atomic E-state index is -0.0175. The average Bonchev–Trinajstić information content (AvgIpc) is 2.31. The first-order valence-electron chi connectivity index (χ1n) is 6.94. The maximum absolute atomic E-state index is 11.7. The molecule has 0 amide bonds. The van der Waals surface area contributed by atoms with Crippen LogP contribution < -0.4 is 0 Å². The standard InChI is InChI=1S/C15H26O2/c1-4-6-9-15(12-14(16)17-5-2)10-7-13(3)8-11-15/h3-12H2,1-2H3. The van der Waals surface area contributed by atoms with E-state index in [2.05, 4.69) is 13.5 Å². The van der Waals surface area contributed by atoms with Gasteiger partial charge in [0.2, 0.25) is 0 Å². The molecular weight excluding hydrogens is 212 g/mol. The van der Waals surface area contributed by atoms with Gasteiger partial charge in [0.25, 0.3) is 0 Å². The Kier molecular flexibility index (Phi) is 5.73. The lowest BCUT2D eigenvalue weighted by atomic mass is 9.68. The number of hydrogen-bond donors (Lipinski definition) is 0. The minimum Gasteiger partial charge on any atom is -0.466 e. The zero-order chi connectivity index (χ0) is 12.7. The van der Waals surface area contributed by atoms with E-state index in [0.29, 0.717) is 13.0 Å². The molecule has 0 spiro atoms. The van der Waals surface area contributed by atoms with Crippen molar-refractivity contribution >= 4 is 5.97 Å². The zero-order valence-electron chi connectivity index (χ0n) is 11.4. The topological polar surface area (TPSA) is 26.3 Å². The Hall–Kier alpha value is -0.790. The molecule has 0 heterocycles. The number of ether oxygens (including phenoxy) is 1. The Labute approximate surface area is 105 Å². The van der Waals surface area contributed by atoms with Gasteiger partial charge in [-0.3, -0.25) is 4.79 Å². The highest BCUT2D eigenvalue weighted by atomic mass is 16.5. The maximum atomic E-state index is 11.7. The molecule has 0 aromatic rings. The van der Waals surface area contributed by atoms with Gasteiger partial charge in [0.1, 0.15) is 0 Å². The van der Waals surface area contributed by atoms with E-state index in [9.17, 15) is 4.79 Å². The van der Waals surface area contributed by atoms with Crippen LogP contribution in [-0.4, -0.2) is 12.6 Å². The van der Waals surface area contributed by atoms with Crippen molar-refractivity contribution in [2.45, 2.75) is 65.2 Å². The van der Waals surface area contributed by atoms with Gasteiger partial charge < -0.3 is 4.74 Å². The summed E-state index contributed by atoms with van der Waals surface area (Å²) in [6, 6.07) is 0. The highest BCUT2D eigenvalue weighted by molar-refractivity contribution is 5.70. The second kappa shape index (κ2) is 6.83. The van der Waals surface area contributed by atoms with Gasteiger partial charge >= 0.3 is 5.97 Å². The fourth-order valence-electron chi connectivity index (χ4n) is 2.72. The molecule has 0 saturated heterocycles. The molecule has 0 unspecified atom stereocenters. The van der Waals surface area contributed by atoms with Crippen molar-refractivity contribution < 1.29 is 9.53 Å². The van der Waals surface area contributed by atoms with Crippen LogP contribution in [0.3, 0.4) is 0 Å².